The molecular formula is C15H16N2O3S. The molecule has 0 atom stereocenters. The van der Waals surface area contributed by atoms with E-state index in [-0.39, 0.29) is 11.6 Å². The molecule has 0 fully saturated rings. The van der Waals surface area contributed by atoms with Crippen LogP contribution >= 0.6 is 11.3 Å². The lowest BCUT2D eigenvalue weighted by Gasteiger charge is -2.23. The second-order valence-corrected chi connectivity index (χ2v) is 5.35. The molecule has 2 aromatic rings. The number of carboxylic acids is 1. The zero-order chi connectivity index (χ0) is 15.4. The fourth-order valence-electron chi connectivity index (χ4n) is 2.03. The first-order chi connectivity index (χ1) is 10.0. The highest BCUT2D eigenvalue weighted by Crippen LogP contribution is 2.25. The van der Waals surface area contributed by atoms with Crippen molar-refractivity contribution >= 4 is 34.0 Å². The van der Waals surface area contributed by atoms with Gasteiger partial charge in [0.2, 0.25) is 0 Å². The molecule has 110 valence electrons. The molecule has 0 saturated heterocycles. The molecule has 2 N–H and O–H groups in total. The van der Waals surface area contributed by atoms with Crippen molar-refractivity contribution in [3.8, 4) is 0 Å². The fraction of sp³-hybridized carbons (Fsp3) is 0.200. The van der Waals surface area contributed by atoms with E-state index in [4.69, 9.17) is 5.11 Å². The lowest BCUT2D eigenvalue weighted by atomic mass is 10.2. The Hall–Kier alpha value is -2.34. The highest BCUT2D eigenvalue weighted by Gasteiger charge is 2.19. The van der Waals surface area contributed by atoms with Gasteiger partial charge in [-0.2, -0.15) is 0 Å². The van der Waals surface area contributed by atoms with Gasteiger partial charge in [0.05, 0.1) is 5.56 Å². The number of anilines is 2. The molecular weight excluding hydrogens is 288 g/mol. The summed E-state index contributed by atoms with van der Waals surface area (Å²) in [7, 11) is 0. The number of hydrogen-bond donors (Lipinski definition) is 2. The van der Waals surface area contributed by atoms with Crippen LogP contribution in [0, 0.1) is 6.92 Å². The zero-order valence-corrected chi connectivity index (χ0v) is 12.6. The largest absolute Gasteiger partial charge is 0.478 e. The summed E-state index contributed by atoms with van der Waals surface area (Å²) < 4.78 is 0. The molecule has 6 heteroatoms. The van der Waals surface area contributed by atoms with Crippen LogP contribution in [0.5, 0.6) is 0 Å². The Kier molecular flexibility index (Phi) is 4.59. The van der Waals surface area contributed by atoms with Gasteiger partial charge in [-0.15, -0.1) is 11.3 Å². The summed E-state index contributed by atoms with van der Waals surface area (Å²) in [6.07, 6.45) is 0. The highest BCUT2D eigenvalue weighted by atomic mass is 32.1. The quantitative estimate of drug-likeness (QED) is 0.902. The molecule has 0 unspecified atom stereocenters. The number of amides is 2. The maximum absolute atomic E-state index is 12.4. The molecule has 0 aliphatic rings. The molecule has 0 spiro atoms. The van der Waals surface area contributed by atoms with Crippen molar-refractivity contribution in [2.75, 3.05) is 16.8 Å². The lowest BCUT2D eigenvalue weighted by molar-refractivity contribution is 0.0698. The second-order valence-electron chi connectivity index (χ2n) is 4.43. The Morgan fingerprint density at radius 1 is 1.29 bits per heavy atom. The van der Waals surface area contributed by atoms with E-state index < -0.39 is 5.97 Å². The molecule has 1 aromatic carbocycles. The van der Waals surface area contributed by atoms with E-state index in [1.54, 1.807) is 10.3 Å². The number of para-hydroxylation sites is 1. The SMILES string of the molecule is CCN(C(=O)Nc1sccc1C(=O)O)c1ccccc1C. The predicted molar refractivity (Wildman–Crippen MR) is 84.5 cm³/mol. The summed E-state index contributed by atoms with van der Waals surface area (Å²) in [5.41, 5.74) is 1.90. The van der Waals surface area contributed by atoms with Crippen LogP contribution in [-0.4, -0.2) is 23.7 Å². The van der Waals surface area contributed by atoms with Gasteiger partial charge in [-0.25, -0.2) is 9.59 Å². The van der Waals surface area contributed by atoms with E-state index >= 15 is 0 Å². The minimum absolute atomic E-state index is 0.106. The van der Waals surface area contributed by atoms with E-state index in [0.717, 1.165) is 11.3 Å². The number of benzene rings is 1. The molecule has 0 radical (unpaired) electrons. The smallest absolute Gasteiger partial charge is 0.338 e. The normalized spacial score (nSPS) is 10.2. The molecule has 0 bridgehead atoms. The van der Waals surface area contributed by atoms with Gasteiger partial charge in [0.15, 0.2) is 0 Å². The van der Waals surface area contributed by atoms with Crippen molar-refractivity contribution in [1.82, 2.24) is 0 Å². The van der Waals surface area contributed by atoms with Gasteiger partial charge in [-0.3, -0.25) is 10.2 Å². The minimum atomic E-state index is -1.05. The molecule has 0 aliphatic carbocycles. The third-order valence-corrected chi connectivity index (χ3v) is 3.91. The molecule has 1 aromatic heterocycles. The van der Waals surface area contributed by atoms with Gasteiger partial charge in [-0.05, 0) is 36.9 Å². The number of carbonyl (C=O) groups is 2. The molecule has 5 nitrogen and oxygen atoms in total. The van der Waals surface area contributed by atoms with Gasteiger partial charge in [0.25, 0.3) is 0 Å². The van der Waals surface area contributed by atoms with Crippen molar-refractivity contribution in [3.05, 3.63) is 46.8 Å². The predicted octanol–water partition coefficient (Wildman–Crippen LogP) is 3.81. The van der Waals surface area contributed by atoms with Crippen LogP contribution in [0.4, 0.5) is 15.5 Å². The Morgan fingerprint density at radius 3 is 2.62 bits per heavy atom. The summed E-state index contributed by atoms with van der Waals surface area (Å²) in [6.45, 7) is 4.29. The van der Waals surface area contributed by atoms with Crippen LogP contribution < -0.4 is 10.2 Å². The van der Waals surface area contributed by atoms with E-state index in [2.05, 4.69) is 5.32 Å². The first kappa shape index (κ1) is 15.1. The van der Waals surface area contributed by atoms with Crippen molar-refractivity contribution in [2.24, 2.45) is 0 Å². The summed E-state index contributed by atoms with van der Waals surface area (Å²) in [6, 6.07) is 8.71. The first-order valence-corrected chi connectivity index (χ1v) is 7.37. The Labute approximate surface area is 126 Å². The minimum Gasteiger partial charge on any atom is -0.478 e. The third kappa shape index (κ3) is 3.22. The topological polar surface area (TPSA) is 69.6 Å². The van der Waals surface area contributed by atoms with Crippen molar-refractivity contribution in [3.63, 3.8) is 0 Å². The molecule has 2 rings (SSSR count). The van der Waals surface area contributed by atoms with Crippen LogP contribution in [0.1, 0.15) is 22.8 Å². The molecule has 0 aliphatic heterocycles. The Bertz CT molecular complexity index is 666. The second kappa shape index (κ2) is 6.41. The van der Waals surface area contributed by atoms with Crippen LogP contribution in [0.15, 0.2) is 35.7 Å². The molecule has 0 saturated carbocycles. The monoisotopic (exact) mass is 304 g/mol. The van der Waals surface area contributed by atoms with Crippen molar-refractivity contribution in [2.45, 2.75) is 13.8 Å². The van der Waals surface area contributed by atoms with Gasteiger partial charge in [0, 0.05) is 12.2 Å². The van der Waals surface area contributed by atoms with Gasteiger partial charge in [0.1, 0.15) is 5.00 Å². The van der Waals surface area contributed by atoms with E-state index in [1.165, 1.54) is 17.4 Å². The number of carbonyl (C=O) groups excluding carboxylic acids is 1. The van der Waals surface area contributed by atoms with E-state index in [1.807, 2.05) is 38.1 Å². The van der Waals surface area contributed by atoms with E-state index in [9.17, 15) is 9.59 Å². The highest BCUT2D eigenvalue weighted by molar-refractivity contribution is 7.14. The molecule has 21 heavy (non-hydrogen) atoms. The number of nitrogens with one attached hydrogen (secondary N) is 1. The number of hydrogen-bond acceptors (Lipinski definition) is 3. The first-order valence-electron chi connectivity index (χ1n) is 6.49. The number of carboxylic acid groups (broad SMARTS) is 1. The summed E-state index contributed by atoms with van der Waals surface area (Å²) in [5, 5.41) is 13.7. The number of aromatic carboxylic acids is 1. The fourth-order valence-corrected chi connectivity index (χ4v) is 2.80. The van der Waals surface area contributed by atoms with Crippen LogP contribution in [0.2, 0.25) is 0 Å². The van der Waals surface area contributed by atoms with Crippen molar-refractivity contribution in [1.29, 1.82) is 0 Å². The summed E-state index contributed by atoms with van der Waals surface area (Å²) in [5.74, 6) is -1.05. The number of rotatable bonds is 4. The number of urea groups is 1. The van der Waals surface area contributed by atoms with Crippen LogP contribution in [0.3, 0.4) is 0 Å². The van der Waals surface area contributed by atoms with Crippen molar-refractivity contribution < 1.29 is 14.7 Å². The lowest BCUT2D eigenvalue weighted by Crippen LogP contribution is -2.35. The zero-order valence-electron chi connectivity index (χ0n) is 11.8. The Morgan fingerprint density at radius 2 is 2.00 bits per heavy atom. The maximum atomic E-state index is 12.4. The number of nitrogens with zero attached hydrogens (tertiary/aromatic N) is 1. The summed E-state index contributed by atoms with van der Waals surface area (Å²) in [4.78, 5) is 25.1. The van der Waals surface area contributed by atoms with Crippen LogP contribution in [0.25, 0.3) is 0 Å². The number of aryl methyl sites for hydroxylation is 1. The number of thiophene rings is 1. The maximum Gasteiger partial charge on any atom is 0.338 e. The van der Waals surface area contributed by atoms with Crippen LogP contribution in [-0.2, 0) is 0 Å². The van der Waals surface area contributed by atoms with E-state index in [0.29, 0.717) is 11.5 Å². The van der Waals surface area contributed by atoms with Gasteiger partial charge < -0.3 is 5.11 Å². The molecule has 1 heterocycles. The average Bonchev–Trinajstić information content (AvgIpc) is 2.90. The van der Waals surface area contributed by atoms with Gasteiger partial charge >= 0.3 is 12.0 Å². The standard InChI is InChI=1S/C15H16N2O3S/c1-3-17(12-7-5-4-6-10(12)2)15(20)16-13-11(14(18)19)8-9-21-13/h4-9H,3H2,1-2H3,(H,16,20)(H,18,19). The van der Waals surface area contributed by atoms with Gasteiger partial charge in [-0.1, -0.05) is 18.2 Å². The molecule has 2 amide bonds. The average molecular weight is 304 g/mol. The third-order valence-electron chi connectivity index (χ3n) is 3.08. The Balaban J connectivity index is 2.24. The summed E-state index contributed by atoms with van der Waals surface area (Å²) >= 11 is 1.19.